The number of rotatable bonds is 7. The van der Waals surface area contributed by atoms with Crippen molar-refractivity contribution in [2.75, 3.05) is 44.7 Å². The van der Waals surface area contributed by atoms with E-state index in [2.05, 4.69) is 26.4 Å². The topological polar surface area (TPSA) is 94.9 Å². The van der Waals surface area contributed by atoms with Crippen LogP contribution in [-0.2, 0) is 4.79 Å². The van der Waals surface area contributed by atoms with Gasteiger partial charge in [0.15, 0.2) is 5.82 Å². The Hall–Kier alpha value is -3.57. The van der Waals surface area contributed by atoms with Gasteiger partial charge < -0.3 is 19.6 Å². The Balaban J connectivity index is 1.41. The summed E-state index contributed by atoms with van der Waals surface area (Å²) in [5.41, 5.74) is -0.584. The van der Waals surface area contributed by atoms with E-state index in [1.807, 2.05) is 11.9 Å². The van der Waals surface area contributed by atoms with Gasteiger partial charge in [0.1, 0.15) is 35.6 Å². The van der Waals surface area contributed by atoms with Gasteiger partial charge in [0.25, 0.3) is 0 Å². The van der Waals surface area contributed by atoms with Gasteiger partial charge >= 0.3 is 6.01 Å². The molecule has 216 valence electrons. The van der Waals surface area contributed by atoms with Crippen molar-refractivity contribution < 1.29 is 23.4 Å². The molecular weight excluding hydrogens is 554 g/mol. The van der Waals surface area contributed by atoms with Crippen LogP contribution in [0.4, 0.5) is 14.6 Å². The van der Waals surface area contributed by atoms with Crippen molar-refractivity contribution in [3.8, 4) is 23.0 Å². The Morgan fingerprint density at radius 1 is 1.34 bits per heavy atom. The van der Waals surface area contributed by atoms with E-state index in [-0.39, 0.29) is 52.1 Å². The maximum atomic E-state index is 16.2. The fourth-order valence-corrected chi connectivity index (χ4v) is 6.74. The summed E-state index contributed by atoms with van der Waals surface area (Å²) in [5.74, 6) is -0.767. The molecule has 41 heavy (non-hydrogen) atoms. The number of carbonyl (C=O) groups excluding carboxylic acids is 1. The van der Waals surface area contributed by atoms with Crippen LogP contribution in [0.5, 0.6) is 11.8 Å². The number of alkyl halides is 1. The number of hydrogen-bond donors (Lipinski definition) is 1. The highest BCUT2D eigenvalue weighted by Gasteiger charge is 2.49. The maximum Gasteiger partial charge on any atom is 0.319 e. The second kappa shape index (κ2) is 10.7. The van der Waals surface area contributed by atoms with Crippen LogP contribution < -0.4 is 9.64 Å². The summed E-state index contributed by atoms with van der Waals surface area (Å²) >= 11 is 6.32. The summed E-state index contributed by atoms with van der Waals surface area (Å²) < 4.78 is 36.7. The zero-order valence-electron chi connectivity index (χ0n) is 22.7. The van der Waals surface area contributed by atoms with Crippen LogP contribution in [0.3, 0.4) is 0 Å². The van der Waals surface area contributed by atoms with Crippen LogP contribution in [0.25, 0.3) is 22.2 Å². The minimum atomic E-state index is -0.920. The monoisotopic (exact) mass is 584 g/mol. The van der Waals surface area contributed by atoms with Crippen molar-refractivity contribution in [3.05, 3.63) is 47.9 Å². The molecule has 3 aliphatic heterocycles. The lowest BCUT2D eigenvalue weighted by Crippen LogP contribution is -2.43. The maximum absolute atomic E-state index is 16.2. The summed E-state index contributed by atoms with van der Waals surface area (Å²) in [5, 5.41) is 10.9. The molecule has 0 unspecified atom stereocenters. The van der Waals surface area contributed by atoms with Gasteiger partial charge in [-0.3, -0.25) is 14.7 Å². The third-order valence-electron chi connectivity index (χ3n) is 8.63. The number of phenolic OH excluding ortho intramolecular Hbond substituents is 1. The number of phenols is 1. The highest BCUT2D eigenvalue weighted by molar-refractivity contribution is 6.33. The molecule has 1 amide bonds. The first-order chi connectivity index (χ1) is 19.7. The average molecular weight is 585 g/mol. The van der Waals surface area contributed by atoms with Crippen LogP contribution in [0, 0.1) is 5.82 Å². The number of likely N-dealkylation sites (tertiary alicyclic amines) is 1. The molecule has 6 rings (SSSR count). The Kier molecular flexibility index (Phi) is 7.19. The van der Waals surface area contributed by atoms with E-state index < -0.39 is 17.5 Å². The van der Waals surface area contributed by atoms with E-state index in [0.29, 0.717) is 43.7 Å². The number of aromatic nitrogens is 3. The van der Waals surface area contributed by atoms with Crippen molar-refractivity contribution >= 4 is 34.2 Å². The number of amides is 1. The fourth-order valence-electron chi connectivity index (χ4n) is 6.48. The Labute approximate surface area is 241 Å². The molecule has 3 aromatic rings. The average Bonchev–Trinajstić information content (AvgIpc) is 3.67. The van der Waals surface area contributed by atoms with Crippen LogP contribution in [-0.4, -0.2) is 93.4 Å². The Morgan fingerprint density at radius 3 is 2.95 bits per heavy atom. The molecule has 0 bridgehead atoms. The first-order valence-electron chi connectivity index (χ1n) is 13.7. The number of fused-ring (bicyclic) bond motifs is 2. The lowest BCUT2D eigenvalue weighted by Gasteiger charge is -2.31. The number of anilines is 1. The van der Waals surface area contributed by atoms with E-state index in [0.717, 1.165) is 19.4 Å². The molecular formula is C29H31ClF2N6O3. The van der Waals surface area contributed by atoms with E-state index in [1.54, 1.807) is 17.0 Å². The van der Waals surface area contributed by atoms with Gasteiger partial charge in [0.05, 0.1) is 21.5 Å². The molecule has 3 atom stereocenters. The van der Waals surface area contributed by atoms with Gasteiger partial charge in [-0.1, -0.05) is 24.2 Å². The number of likely N-dealkylation sites (N-methyl/N-ethyl adjacent to an activating group) is 1. The number of nitrogens with zero attached hydrogens (tertiary/aromatic N) is 6. The molecule has 2 aromatic heterocycles. The smallest absolute Gasteiger partial charge is 0.319 e. The van der Waals surface area contributed by atoms with Crippen LogP contribution in [0.15, 0.2) is 37.1 Å². The number of ether oxygens (including phenoxy) is 1. The van der Waals surface area contributed by atoms with Crippen LogP contribution in [0.2, 0.25) is 5.02 Å². The summed E-state index contributed by atoms with van der Waals surface area (Å²) in [4.78, 5) is 31.4. The number of carbonyl (C=O) groups is 1. The van der Waals surface area contributed by atoms with Crippen molar-refractivity contribution in [1.82, 2.24) is 24.8 Å². The minimum absolute atomic E-state index is 0.0423. The van der Waals surface area contributed by atoms with Gasteiger partial charge in [-0.05, 0) is 44.0 Å². The normalized spacial score (nSPS) is 24.1. The van der Waals surface area contributed by atoms with E-state index in [9.17, 15) is 14.3 Å². The highest BCUT2D eigenvalue weighted by atomic mass is 35.5. The van der Waals surface area contributed by atoms with Gasteiger partial charge in [-0.25, -0.2) is 8.78 Å². The quantitative estimate of drug-likeness (QED) is 0.409. The summed E-state index contributed by atoms with van der Waals surface area (Å²) in [6, 6.07) is 4.35. The van der Waals surface area contributed by atoms with E-state index in [1.165, 1.54) is 18.3 Å². The molecule has 0 aliphatic carbocycles. The Morgan fingerprint density at radius 2 is 2.17 bits per heavy atom. The predicted octanol–water partition coefficient (Wildman–Crippen LogP) is 4.37. The van der Waals surface area contributed by atoms with E-state index in [4.69, 9.17) is 16.3 Å². The van der Waals surface area contributed by atoms with Crippen molar-refractivity contribution in [2.45, 2.75) is 43.4 Å². The molecule has 5 heterocycles. The molecule has 9 nitrogen and oxygen atoms in total. The first-order valence-corrected chi connectivity index (χ1v) is 14.1. The van der Waals surface area contributed by atoms with Gasteiger partial charge in [0, 0.05) is 45.3 Å². The number of halogens is 3. The SMILES string of the molecule is C=CC(=O)N1CC[C@@H](N(C)c2nc(OC[C@@]34CCCN3C[C@H](F)C4)nc3c(F)c(-c4c(O)cccc4Cl)ncc23)C1. The molecule has 0 radical (unpaired) electrons. The number of benzene rings is 1. The predicted molar refractivity (Wildman–Crippen MR) is 152 cm³/mol. The lowest BCUT2D eigenvalue weighted by molar-refractivity contribution is -0.125. The third-order valence-corrected chi connectivity index (χ3v) is 8.95. The zero-order chi connectivity index (χ0) is 28.9. The van der Waals surface area contributed by atoms with Gasteiger partial charge in [0.2, 0.25) is 5.91 Å². The summed E-state index contributed by atoms with van der Waals surface area (Å²) in [7, 11) is 1.83. The first kappa shape index (κ1) is 27.6. The molecule has 0 spiro atoms. The molecule has 1 aromatic carbocycles. The van der Waals surface area contributed by atoms with Crippen molar-refractivity contribution in [1.29, 1.82) is 0 Å². The number of hydrogen-bond acceptors (Lipinski definition) is 8. The molecule has 12 heteroatoms. The molecule has 3 aliphatic rings. The summed E-state index contributed by atoms with van der Waals surface area (Å²) in [6.07, 6.45) is 4.63. The standard InChI is InChI=1S/C29H31ClF2N6O3/c1-3-22(40)37-11-8-18(15-37)36(2)27-19-13-33-26(23-20(30)6-4-7-21(23)39)24(32)25(19)34-28(35-27)41-16-29-9-5-10-38(29)14-17(31)12-29/h3-4,6-7,13,17-18,39H,1,5,8-12,14-16H2,2H3/t17-,18-,29+/m1/s1. The number of pyridine rings is 1. The van der Waals surface area contributed by atoms with Gasteiger partial charge in [-0.2, -0.15) is 9.97 Å². The molecule has 3 fully saturated rings. The summed E-state index contributed by atoms with van der Waals surface area (Å²) in [6.45, 7) is 5.94. The lowest BCUT2D eigenvalue weighted by atomic mass is 9.95. The van der Waals surface area contributed by atoms with Gasteiger partial charge in [-0.15, -0.1) is 0 Å². The second-order valence-electron chi connectivity index (χ2n) is 11.1. The molecule has 1 N–H and O–H groups in total. The van der Waals surface area contributed by atoms with Crippen LogP contribution in [0.1, 0.15) is 25.7 Å². The third kappa shape index (κ3) is 4.84. The zero-order valence-corrected chi connectivity index (χ0v) is 23.4. The van der Waals surface area contributed by atoms with Crippen molar-refractivity contribution in [2.24, 2.45) is 0 Å². The Bertz CT molecular complexity index is 1510. The van der Waals surface area contributed by atoms with Crippen LogP contribution >= 0.6 is 11.6 Å². The molecule has 0 saturated carbocycles. The number of aromatic hydroxyl groups is 1. The molecule has 3 saturated heterocycles. The second-order valence-corrected chi connectivity index (χ2v) is 11.5. The highest BCUT2D eigenvalue weighted by Crippen LogP contribution is 2.42. The fraction of sp³-hybridized carbons (Fsp3) is 0.448. The largest absolute Gasteiger partial charge is 0.507 e. The minimum Gasteiger partial charge on any atom is -0.507 e. The van der Waals surface area contributed by atoms with Crippen molar-refractivity contribution in [3.63, 3.8) is 0 Å². The van der Waals surface area contributed by atoms with E-state index >= 15 is 4.39 Å².